The molecule has 5 heteroatoms. The zero-order valence-corrected chi connectivity index (χ0v) is 11.6. The quantitative estimate of drug-likeness (QED) is 0.593. The molecule has 0 unspecified atom stereocenters. The number of nitrogens with one attached hydrogen (secondary N) is 1. The standard InChI is InChI=1S/C17H13N3O2/c21-17(15-10-6-12-22-15)20-19-16(13-7-2-1-3-8-13)14-9-4-5-11-18-14/h1-12H,(H,20,21). The van der Waals surface area contributed by atoms with Crippen molar-refractivity contribution in [2.75, 3.05) is 0 Å². The molecule has 108 valence electrons. The molecule has 0 atom stereocenters. The van der Waals surface area contributed by atoms with Crippen molar-refractivity contribution in [1.29, 1.82) is 0 Å². The van der Waals surface area contributed by atoms with Gasteiger partial charge in [-0.2, -0.15) is 5.10 Å². The maximum Gasteiger partial charge on any atom is 0.307 e. The van der Waals surface area contributed by atoms with Crippen molar-refractivity contribution in [3.63, 3.8) is 0 Å². The second-order valence-electron chi connectivity index (χ2n) is 4.46. The first-order chi connectivity index (χ1) is 10.8. The lowest BCUT2D eigenvalue weighted by molar-refractivity contribution is 0.0927. The van der Waals surface area contributed by atoms with Gasteiger partial charge in [-0.15, -0.1) is 0 Å². The Balaban J connectivity index is 1.92. The summed E-state index contributed by atoms with van der Waals surface area (Å²) in [6.07, 6.45) is 3.12. The van der Waals surface area contributed by atoms with Crippen LogP contribution in [-0.4, -0.2) is 16.6 Å². The van der Waals surface area contributed by atoms with Gasteiger partial charge in [0.2, 0.25) is 0 Å². The fourth-order valence-electron chi connectivity index (χ4n) is 1.94. The van der Waals surface area contributed by atoms with Crippen LogP contribution in [0.1, 0.15) is 21.8 Å². The predicted molar refractivity (Wildman–Crippen MR) is 82.5 cm³/mol. The summed E-state index contributed by atoms with van der Waals surface area (Å²) >= 11 is 0. The minimum Gasteiger partial charge on any atom is -0.459 e. The van der Waals surface area contributed by atoms with E-state index < -0.39 is 5.91 Å². The smallest absolute Gasteiger partial charge is 0.307 e. The average molecular weight is 291 g/mol. The number of pyridine rings is 1. The molecule has 0 radical (unpaired) electrons. The van der Waals surface area contributed by atoms with Gasteiger partial charge in [-0.1, -0.05) is 36.4 Å². The molecule has 22 heavy (non-hydrogen) atoms. The van der Waals surface area contributed by atoms with Crippen molar-refractivity contribution >= 4 is 11.6 Å². The van der Waals surface area contributed by atoms with Gasteiger partial charge in [0.1, 0.15) is 5.71 Å². The topological polar surface area (TPSA) is 67.5 Å². The number of hydrogen-bond donors (Lipinski definition) is 1. The highest BCUT2D eigenvalue weighted by atomic mass is 16.3. The Hall–Kier alpha value is -3.21. The van der Waals surface area contributed by atoms with Crippen molar-refractivity contribution < 1.29 is 9.21 Å². The van der Waals surface area contributed by atoms with E-state index in [-0.39, 0.29) is 5.76 Å². The summed E-state index contributed by atoms with van der Waals surface area (Å²) in [6, 6.07) is 18.3. The third-order valence-electron chi connectivity index (χ3n) is 2.97. The van der Waals surface area contributed by atoms with E-state index >= 15 is 0 Å². The zero-order valence-electron chi connectivity index (χ0n) is 11.6. The van der Waals surface area contributed by atoms with Gasteiger partial charge in [0.15, 0.2) is 5.76 Å². The molecule has 0 aliphatic rings. The van der Waals surface area contributed by atoms with E-state index in [1.165, 1.54) is 6.26 Å². The lowest BCUT2D eigenvalue weighted by Crippen LogP contribution is -2.20. The normalized spacial score (nSPS) is 11.2. The van der Waals surface area contributed by atoms with Crippen molar-refractivity contribution in [3.05, 3.63) is 90.1 Å². The molecule has 2 heterocycles. The van der Waals surface area contributed by atoms with Crippen LogP contribution in [0.5, 0.6) is 0 Å². The number of benzene rings is 1. The lowest BCUT2D eigenvalue weighted by Gasteiger charge is -2.06. The second-order valence-corrected chi connectivity index (χ2v) is 4.46. The Morgan fingerprint density at radius 1 is 1.00 bits per heavy atom. The summed E-state index contributed by atoms with van der Waals surface area (Å²) in [5.74, 6) is -0.202. The van der Waals surface area contributed by atoms with E-state index in [0.717, 1.165) is 5.56 Å². The van der Waals surface area contributed by atoms with Crippen molar-refractivity contribution in [2.45, 2.75) is 0 Å². The molecule has 0 bridgehead atoms. The van der Waals surface area contributed by atoms with Crippen LogP contribution < -0.4 is 5.43 Å². The molecular weight excluding hydrogens is 278 g/mol. The van der Waals surface area contributed by atoms with Gasteiger partial charge in [0, 0.05) is 11.8 Å². The van der Waals surface area contributed by atoms with Crippen LogP contribution in [0.2, 0.25) is 0 Å². The fourth-order valence-corrected chi connectivity index (χ4v) is 1.94. The molecule has 3 aromatic rings. The average Bonchev–Trinajstić information content (AvgIpc) is 3.11. The van der Waals surface area contributed by atoms with Gasteiger partial charge in [-0.25, -0.2) is 5.43 Å². The van der Waals surface area contributed by atoms with Crippen LogP contribution in [0.3, 0.4) is 0 Å². The summed E-state index contributed by atoms with van der Waals surface area (Å²) in [5.41, 5.74) is 4.62. The maximum absolute atomic E-state index is 11.9. The summed E-state index contributed by atoms with van der Waals surface area (Å²) in [5, 5.41) is 4.21. The number of amides is 1. The van der Waals surface area contributed by atoms with E-state index in [1.807, 2.05) is 48.5 Å². The molecule has 0 aliphatic carbocycles. The number of aromatic nitrogens is 1. The lowest BCUT2D eigenvalue weighted by atomic mass is 10.1. The summed E-state index contributed by atoms with van der Waals surface area (Å²) in [4.78, 5) is 16.2. The predicted octanol–water partition coefficient (Wildman–Crippen LogP) is 2.86. The largest absolute Gasteiger partial charge is 0.459 e. The van der Waals surface area contributed by atoms with Gasteiger partial charge in [-0.05, 0) is 24.3 Å². The van der Waals surface area contributed by atoms with Crippen LogP contribution in [0.15, 0.2) is 82.6 Å². The third kappa shape index (κ3) is 3.09. The van der Waals surface area contributed by atoms with Crippen LogP contribution in [0, 0.1) is 0 Å². The molecule has 1 N–H and O–H groups in total. The number of hydrogen-bond acceptors (Lipinski definition) is 4. The monoisotopic (exact) mass is 291 g/mol. The zero-order chi connectivity index (χ0) is 15.2. The molecule has 3 rings (SSSR count). The van der Waals surface area contributed by atoms with Crippen LogP contribution in [-0.2, 0) is 0 Å². The highest BCUT2D eigenvalue weighted by molar-refractivity contribution is 6.12. The van der Waals surface area contributed by atoms with Gasteiger partial charge in [0.25, 0.3) is 0 Å². The van der Waals surface area contributed by atoms with Crippen LogP contribution in [0.25, 0.3) is 0 Å². The number of rotatable bonds is 4. The Bertz CT molecular complexity index is 725. The first-order valence-electron chi connectivity index (χ1n) is 6.73. The molecule has 0 saturated carbocycles. The third-order valence-corrected chi connectivity index (χ3v) is 2.97. The fraction of sp³-hybridized carbons (Fsp3) is 0. The molecule has 0 saturated heterocycles. The Labute approximate surface area is 127 Å². The van der Waals surface area contributed by atoms with Gasteiger partial charge >= 0.3 is 5.91 Å². The molecule has 5 nitrogen and oxygen atoms in total. The highest BCUT2D eigenvalue weighted by Crippen LogP contribution is 2.08. The SMILES string of the molecule is O=C(NN=C(c1ccccc1)c1ccccn1)c1ccco1. The van der Waals surface area contributed by atoms with E-state index in [9.17, 15) is 4.79 Å². The van der Waals surface area contributed by atoms with E-state index in [0.29, 0.717) is 11.4 Å². The second kappa shape index (κ2) is 6.49. The maximum atomic E-state index is 11.9. The molecule has 1 aromatic carbocycles. The minimum absolute atomic E-state index is 0.206. The summed E-state index contributed by atoms with van der Waals surface area (Å²) in [7, 11) is 0. The molecule has 0 aliphatic heterocycles. The van der Waals surface area contributed by atoms with Crippen molar-refractivity contribution in [1.82, 2.24) is 10.4 Å². The van der Waals surface area contributed by atoms with Crippen molar-refractivity contribution in [2.24, 2.45) is 5.10 Å². The molecule has 2 aromatic heterocycles. The highest BCUT2D eigenvalue weighted by Gasteiger charge is 2.11. The number of hydrazone groups is 1. The molecular formula is C17H13N3O2. The first-order valence-corrected chi connectivity index (χ1v) is 6.73. The summed E-state index contributed by atoms with van der Waals surface area (Å²) < 4.78 is 5.04. The van der Waals surface area contributed by atoms with E-state index in [2.05, 4.69) is 15.5 Å². The Kier molecular flexibility index (Phi) is 4.06. The van der Waals surface area contributed by atoms with Crippen molar-refractivity contribution in [3.8, 4) is 0 Å². The molecule has 1 amide bonds. The minimum atomic E-state index is -0.408. The van der Waals surface area contributed by atoms with Gasteiger partial charge < -0.3 is 4.42 Å². The summed E-state index contributed by atoms with van der Waals surface area (Å²) in [6.45, 7) is 0. The van der Waals surface area contributed by atoms with E-state index in [4.69, 9.17) is 4.42 Å². The first kappa shape index (κ1) is 13.8. The number of carbonyl (C=O) groups excluding carboxylic acids is 1. The number of carbonyl (C=O) groups is 1. The Morgan fingerprint density at radius 2 is 1.82 bits per heavy atom. The molecule has 0 fully saturated rings. The Morgan fingerprint density at radius 3 is 2.50 bits per heavy atom. The van der Waals surface area contributed by atoms with Crippen LogP contribution >= 0.6 is 0 Å². The van der Waals surface area contributed by atoms with E-state index in [1.54, 1.807) is 18.3 Å². The van der Waals surface area contributed by atoms with Crippen LogP contribution in [0.4, 0.5) is 0 Å². The van der Waals surface area contributed by atoms with Gasteiger partial charge in [-0.3, -0.25) is 9.78 Å². The number of furan rings is 1. The van der Waals surface area contributed by atoms with Gasteiger partial charge in [0.05, 0.1) is 12.0 Å². The number of nitrogens with zero attached hydrogens (tertiary/aromatic N) is 2. The molecule has 0 spiro atoms.